The molecule has 2 atom stereocenters. The van der Waals surface area contributed by atoms with Gasteiger partial charge in [0.1, 0.15) is 5.75 Å². The van der Waals surface area contributed by atoms with Crippen LogP contribution in [0.5, 0.6) is 5.75 Å². The van der Waals surface area contributed by atoms with Crippen molar-refractivity contribution < 1.29 is 27.4 Å². The number of allylic oxidation sites excluding steroid dienone is 3. The molecular weight excluding hydrogens is 513 g/mol. The lowest BCUT2D eigenvalue weighted by molar-refractivity contribution is -0.136. The number of nitrogens with one attached hydrogen (secondary N) is 1. The first-order chi connectivity index (χ1) is 16.5. The second-order valence-electron chi connectivity index (χ2n) is 7.84. The molecule has 0 radical (unpaired) electrons. The van der Waals surface area contributed by atoms with Gasteiger partial charge in [-0.2, -0.15) is 0 Å². The summed E-state index contributed by atoms with van der Waals surface area (Å²) in [7, 11) is -2.87. The molecule has 1 N–H and O–H groups in total. The first-order valence-electron chi connectivity index (χ1n) is 10.9. The molecule has 35 heavy (non-hydrogen) atoms. The molecule has 0 saturated carbocycles. The van der Waals surface area contributed by atoms with Crippen molar-refractivity contribution in [1.29, 1.82) is 0 Å². The van der Waals surface area contributed by atoms with Gasteiger partial charge in [-0.3, -0.25) is 0 Å². The van der Waals surface area contributed by atoms with Gasteiger partial charge < -0.3 is 19.5 Å². The first kappa shape index (κ1) is 27.1. The van der Waals surface area contributed by atoms with Crippen LogP contribution in [0, 0.1) is 0 Å². The van der Waals surface area contributed by atoms with Gasteiger partial charge in [0, 0.05) is 18.0 Å². The molecule has 0 aliphatic carbocycles. The number of hydrogen-bond acceptors (Lipinski definition) is 7. The third kappa shape index (κ3) is 5.51. The maximum Gasteiger partial charge on any atom is 0.336 e. The number of esters is 1. The molecule has 0 bridgehead atoms. The minimum Gasteiger partial charge on any atom is -0.466 e. The smallest absolute Gasteiger partial charge is 0.336 e. The molecule has 0 fully saturated rings. The number of sulfone groups is 1. The molecule has 1 aliphatic heterocycles. The summed E-state index contributed by atoms with van der Waals surface area (Å²) < 4.78 is 43.9. The average Bonchev–Trinajstić information content (AvgIpc) is 2.80. The van der Waals surface area contributed by atoms with Crippen LogP contribution in [-0.2, 0) is 24.1 Å². The summed E-state index contributed by atoms with van der Waals surface area (Å²) in [5, 5.41) is 3.41. The minimum absolute atomic E-state index is 0.0241. The number of methoxy groups -OCH3 is 1. The third-order valence-corrected chi connectivity index (χ3v) is 8.37. The van der Waals surface area contributed by atoms with E-state index in [1.807, 2.05) is 6.92 Å². The van der Waals surface area contributed by atoms with Gasteiger partial charge in [-0.1, -0.05) is 35.3 Å². The summed E-state index contributed by atoms with van der Waals surface area (Å²) in [6.07, 6.45) is -0.486. The van der Waals surface area contributed by atoms with Crippen molar-refractivity contribution in [3.8, 4) is 5.75 Å². The Labute approximate surface area is 215 Å². The van der Waals surface area contributed by atoms with Gasteiger partial charge in [0.15, 0.2) is 6.29 Å². The highest BCUT2D eigenvalue weighted by atomic mass is 35.5. The SMILES string of the molecule is CCOC(C)Oc1ccc(S(=O)(=O)C2=C(C)NC(C)=C(C(=O)OC)C2c2cccc(Cl)c2Cl)cc1. The van der Waals surface area contributed by atoms with E-state index in [-0.39, 0.29) is 25.4 Å². The van der Waals surface area contributed by atoms with Gasteiger partial charge in [0.2, 0.25) is 9.84 Å². The van der Waals surface area contributed by atoms with E-state index in [9.17, 15) is 13.2 Å². The van der Waals surface area contributed by atoms with Crippen molar-refractivity contribution in [2.75, 3.05) is 13.7 Å². The fourth-order valence-electron chi connectivity index (χ4n) is 4.04. The zero-order valence-electron chi connectivity index (χ0n) is 20.0. The third-order valence-electron chi connectivity index (χ3n) is 5.52. The molecule has 1 heterocycles. The van der Waals surface area contributed by atoms with E-state index in [0.29, 0.717) is 29.3 Å². The number of rotatable bonds is 8. The van der Waals surface area contributed by atoms with Crippen LogP contribution in [0.15, 0.2) is 69.2 Å². The van der Waals surface area contributed by atoms with E-state index < -0.39 is 28.0 Å². The van der Waals surface area contributed by atoms with Crippen molar-refractivity contribution in [3.63, 3.8) is 0 Å². The Hall–Kier alpha value is -2.52. The van der Waals surface area contributed by atoms with Crippen molar-refractivity contribution in [2.24, 2.45) is 0 Å². The zero-order chi connectivity index (χ0) is 25.9. The quantitative estimate of drug-likeness (QED) is 0.345. The number of ether oxygens (including phenoxy) is 3. The van der Waals surface area contributed by atoms with E-state index in [1.54, 1.807) is 51.1 Å². The van der Waals surface area contributed by atoms with Gasteiger partial charge in [-0.05, 0) is 63.6 Å². The molecule has 0 amide bonds. The number of carbonyl (C=O) groups excluding carboxylic acids is 1. The Morgan fingerprint density at radius 3 is 2.34 bits per heavy atom. The van der Waals surface area contributed by atoms with Crippen LogP contribution in [-0.4, -0.2) is 34.4 Å². The molecule has 0 saturated heterocycles. The number of halogens is 2. The molecule has 10 heteroatoms. The normalized spacial score (nSPS) is 17.2. The predicted octanol–water partition coefficient (Wildman–Crippen LogP) is 5.59. The fourth-order valence-corrected chi connectivity index (χ4v) is 6.21. The van der Waals surface area contributed by atoms with E-state index in [0.717, 1.165) is 0 Å². The molecule has 0 spiro atoms. The van der Waals surface area contributed by atoms with E-state index in [4.69, 9.17) is 37.4 Å². The average molecular weight is 540 g/mol. The highest BCUT2D eigenvalue weighted by Gasteiger charge is 2.41. The van der Waals surface area contributed by atoms with Gasteiger partial charge in [0.25, 0.3) is 0 Å². The molecule has 7 nitrogen and oxygen atoms in total. The molecule has 0 aromatic heterocycles. The topological polar surface area (TPSA) is 90.9 Å². The summed E-state index contributed by atoms with van der Waals surface area (Å²) in [6, 6.07) is 10.9. The summed E-state index contributed by atoms with van der Waals surface area (Å²) in [4.78, 5) is 12.8. The van der Waals surface area contributed by atoms with Crippen LogP contribution >= 0.6 is 23.2 Å². The minimum atomic E-state index is -4.11. The largest absolute Gasteiger partial charge is 0.466 e. The van der Waals surface area contributed by atoms with Gasteiger partial charge in [0.05, 0.1) is 38.4 Å². The van der Waals surface area contributed by atoms with Crippen molar-refractivity contribution >= 4 is 39.0 Å². The van der Waals surface area contributed by atoms with Crippen LogP contribution in [0.25, 0.3) is 0 Å². The Morgan fingerprint density at radius 1 is 1.09 bits per heavy atom. The Balaban J connectivity index is 2.15. The standard InChI is InChI=1S/C25H27Cl2NO6S/c1-6-33-16(4)34-17-10-12-18(13-11-17)35(30,31)24-15(3)28-14(2)21(25(29)32-5)22(24)19-8-7-9-20(26)23(19)27/h7-13,16,22,28H,6H2,1-5H3. The van der Waals surface area contributed by atoms with Crippen LogP contribution in [0.3, 0.4) is 0 Å². The van der Waals surface area contributed by atoms with Crippen LogP contribution in [0.1, 0.15) is 39.2 Å². The Bertz CT molecular complexity index is 1290. The van der Waals surface area contributed by atoms with Crippen molar-refractivity contribution in [2.45, 2.75) is 44.8 Å². The second-order valence-corrected chi connectivity index (χ2v) is 10.5. The molecule has 2 aromatic carbocycles. The Morgan fingerprint density at radius 2 is 1.74 bits per heavy atom. The monoisotopic (exact) mass is 539 g/mol. The second kappa shape index (κ2) is 11.0. The van der Waals surface area contributed by atoms with Gasteiger partial charge in [-0.25, -0.2) is 13.2 Å². The maximum absolute atomic E-state index is 14.0. The highest BCUT2D eigenvalue weighted by Crippen LogP contribution is 2.46. The van der Waals surface area contributed by atoms with Crippen LogP contribution < -0.4 is 10.1 Å². The Kier molecular flexibility index (Phi) is 8.54. The maximum atomic E-state index is 14.0. The van der Waals surface area contributed by atoms with Crippen molar-refractivity contribution in [1.82, 2.24) is 5.32 Å². The molecular formula is C25H27Cl2NO6S. The van der Waals surface area contributed by atoms with Gasteiger partial charge >= 0.3 is 5.97 Å². The number of dihydropyridines is 1. The van der Waals surface area contributed by atoms with Gasteiger partial charge in [-0.15, -0.1) is 0 Å². The summed E-state index contributed by atoms with van der Waals surface area (Å²) >= 11 is 12.8. The zero-order valence-corrected chi connectivity index (χ0v) is 22.3. The van der Waals surface area contributed by atoms with Crippen molar-refractivity contribution in [3.05, 3.63) is 79.9 Å². The molecule has 2 unspecified atom stereocenters. The van der Waals surface area contributed by atoms with E-state index >= 15 is 0 Å². The van der Waals surface area contributed by atoms with Crippen LogP contribution in [0.2, 0.25) is 10.0 Å². The van der Waals surface area contributed by atoms with E-state index in [1.165, 1.54) is 19.2 Å². The first-order valence-corrected chi connectivity index (χ1v) is 13.1. The fraction of sp³-hybridized carbons (Fsp3) is 0.320. The van der Waals surface area contributed by atoms with E-state index in [2.05, 4.69) is 5.32 Å². The predicted molar refractivity (Wildman–Crippen MR) is 135 cm³/mol. The number of benzene rings is 2. The molecule has 1 aliphatic rings. The summed E-state index contributed by atoms with van der Waals surface area (Å²) in [6.45, 7) is 7.40. The number of carbonyl (C=O) groups is 1. The molecule has 2 aromatic rings. The molecule has 188 valence electrons. The summed E-state index contributed by atoms with van der Waals surface area (Å²) in [5.74, 6) is -1.25. The highest BCUT2D eigenvalue weighted by molar-refractivity contribution is 7.95. The lowest BCUT2D eigenvalue weighted by atomic mass is 9.86. The molecule has 3 rings (SSSR count). The summed E-state index contributed by atoms with van der Waals surface area (Å²) in [5.41, 5.74) is 1.33. The lowest BCUT2D eigenvalue weighted by Crippen LogP contribution is -2.31. The van der Waals surface area contributed by atoms with Crippen LogP contribution in [0.4, 0.5) is 0 Å². The number of hydrogen-bond donors (Lipinski definition) is 1. The lowest BCUT2D eigenvalue weighted by Gasteiger charge is -2.31.